The maximum Gasteiger partial charge on any atom is 0.229 e. The van der Waals surface area contributed by atoms with Crippen molar-refractivity contribution in [3.63, 3.8) is 0 Å². The number of para-hydroxylation sites is 1. The van der Waals surface area contributed by atoms with Crippen molar-refractivity contribution in [1.82, 2.24) is 10.6 Å². The summed E-state index contributed by atoms with van der Waals surface area (Å²) in [5.41, 5.74) is 2.19. The molecule has 0 spiro atoms. The van der Waals surface area contributed by atoms with Crippen molar-refractivity contribution in [3.05, 3.63) is 65.5 Å². The van der Waals surface area contributed by atoms with E-state index in [-0.39, 0.29) is 5.82 Å². The van der Waals surface area contributed by atoms with E-state index in [0.29, 0.717) is 37.7 Å². The molecule has 6 nitrogen and oxygen atoms in total. The van der Waals surface area contributed by atoms with Crippen LogP contribution >= 0.6 is 0 Å². The van der Waals surface area contributed by atoms with Gasteiger partial charge in [0.05, 0.1) is 18.5 Å². The summed E-state index contributed by atoms with van der Waals surface area (Å²) in [6.45, 7) is 3.56. The number of hydrogen-bond donors (Lipinski definition) is 3. The molecule has 0 atom stereocenters. The second-order valence-corrected chi connectivity index (χ2v) is 7.78. The third kappa shape index (κ3) is 7.65. The van der Waals surface area contributed by atoms with Crippen LogP contribution in [0.4, 0.5) is 10.1 Å². The van der Waals surface area contributed by atoms with Gasteiger partial charge in [0.2, 0.25) is 10.0 Å². The van der Waals surface area contributed by atoms with Crippen LogP contribution in [0.3, 0.4) is 0 Å². The Labute approximate surface area is 160 Å². The summed E-state index contributed by atoms with van der Waals surface area (Å²) in [6.07, 6.45) is 1.78. The summed E-state index contributed by atoms with van der Waals surface area (Å²) in [5, 5.41) is 6.35. The number of guanidine groups is 1. The monoisotopic (exact) mass is 392 g/mol. The molecule has 0 saturated heterocycles. The van der Waals surface area contributed by atoms with Gasteiger partial charge in [-0.15, -0.1) is 0 Å². The Morgan fingerprint density at radius 3 is 2.59 bits per heavy atom. The first-order valence-corrected chi connectivity index (χ1v) is 10.6. The van der Waals surface area contributed by atoms with Crippen LogP contribution in [0.2, 0.25) is 0 Å². The van der Waals surface area contributed by atoms with Gasteiger partial charge in [0.25, 0.3) is 0 Å². The molecular formula is C19H25FN4O2S. The van der Waals surface area contributed by atoms with E-state index in [4.69, 9.17) is 0 Å². The number of sulfonamides is 1. The molecule has 0 aliphatic carbocycles. The lowest BCUT2D eigenvalue weighted by Gasteiger charge is -2.13. The first-order valence-electron chi connectivity index (χ1n) is 8.69. The molecule has 2 rings (SSSR count). The molecule has 0 saturated carbocycles. The topological polar surface area (TPSA) is 82.6 Å². The van der Waals surface area contributed by atoms with E-state index in [1.807, 2.05) is 25.1 Å². The highest BCUT2D eigenvalue weighted by Crippen LogP contribution is 2.17. The Morgan fingerprint density at radius 1 is 1.11 bits per heavy atom. The number of nitrogens with zero attached hydrogens (tertiary/aromatic N) is 1. The maximum absolute atomic E-state index is 13.2. The molecule has 2 aromatic carbocycles. The summed E-state index contributed by atoms with van der Waals surface area (Å²) in [6, 6.07) is 13.6. The quantitative estimate of drug-likeness (QED) is 0.476. The minimum Gasteiger partial charge on any atom is -0.357 e. The van der Waals surface area contributed by atoms with Crippen LogP contribution in [0.15, 0.2) is 53.5 Å². The summed E-state index contributed by atoms with van der Waals surface area (Å²) in [5.74, 6) is 0.367. The van der Waals surface area contributed by atoms with Gasteiger partial charge < -0.3 is 10.6 Å². The van der Waals surface area contributed by atoms with Crippen molar-refractivity contribution in [1.29, 1.82) is 0 Å². The first-order chi connectivity index (χ1) is 12.9. The third-order valence-corrected chi connectivity index (χ3v) is 4.25. The van der Waals surface area contributed by atoms with E-state index in [1.54, 1.807) is 18.2 Å². The number of rotatable bonds is 8. The summed E-state index contributed by atoms with van der Waals surface area (Å²) >= 11 is 0. The molecule has 0 heterocycles. The Hall–Kier alpha value is -2.61. The number of aliphatic imine (C=N–C) groups is 1. The normalized spacial score (nSPS) is 11.9. The Balaban J connectivity index is 2.01. The average molecular weight is 393 g/mol. The number of anilines is 1. The Bertz CT molecular complexity index is 885. The van der Waals surface area contributed by atoms with E-state index in [1.165, 1.54) is 12.1 Å². The zero-order valence-corrected chi connectivity index (χ0v) is 16.3. The fourth-order valence-corrected chi connectivity index (χ4v) is 3.08. The summed E-state index contributed by atoms with van der Waals surface area (Å²) in [4.78, 5) is 4.51. The minimum atomic E-state index is -3.36. The van der Waals surface area contributed by atoms with Gasteiger partial charge in [-0.25, -0.2) is 17.8 Å². The molecule has 0 aromatic heterocycles. The standard InChI is InChI=1S/C19H25FN4O2S/c1-3-21-19(22-12-11-15-7-6-9-17(20)13-15)23-14-16-8-4-5-10-18(16)24-27(2,25)26/h4-10,13,24H,3,11-12,14H2,1-2H3,(H2,21,22,23). The second-order valence-electron chi connectivity index (χ2n) is 6.03. The molecular weight excluding hydrogens is 367 g/mol. The van der Waals surface area contributed by atoms with Crippen molar-refractivity contribution >= 4 is 21.7 Å². The van der Waals surface area contributed by atoms with Gasteiger partial charge in [0.15, 0.2) is 5.96 Å². The molecule has 27 heavy (non-hydrogen) atoms. The molecule has 146 valence electrons. The Kier molecular flexibility index (Phi) is 7.60. The van der Waals surface area contributed by atoms with Crippen molar-refractivity contribution < 1.29 is 12.8 Å². The van der Waals surface area contributed by atoms with E-state index in [0.717, 1.165) is 17.4 Å². The maximum atomic E-state index is 13.2. The van der Waals surface area contributed by atoms with Crippen LogP contribution in [0.25, 0.3) is 0 Å². The van der Waals surface area contributed by atoms with Crippen molar-refractivity contribution in [2.24, 2.45) is 4.99 Å². The highest BCUT2D eigenvalue weighted by molar-refractivity contribution is 7.92. The molecule has 0 bridgehead atoms. The SMILES string of the molecule is CCNC(=NCc1ccccc1NS(C)(=O)=O)NCCc1cccc(F)c1. The molecule has 0 amide bonds. The number of nitrogens with one attached hydrogen (secondary N) is 3. The highest BCUT2D eigenvalue weighted by atomic mass is 32.2. The van der Waals surface area contributed by atoms with Crippen molar-refractivity contribution in [3.8, 4) is 0 Å². The van der Waals surface area contributed by atoms with Gasteiger partial charge in [-0.2, -0.15) is 0 Å². The van der Waals surface area contributed by atoms with Gasteiger partial charge in [-0.1, -0.05) is 30.3 Å². The summed E-state index contributed by atoms with van der Waals surface area (Å²) < 4.78 is 38.7. The van der Waals surface area contributed by atoms with Crippen molar-refractivity contribution in [2.45, 2.75) is 19.9 Å². The fraction of sp³-hybridized carbons (Fsp3) is 0.316. The molecule has 2 aromatic rings. The van der Waals surface area contributed by atoms with Gasteiger partial charge in [-0.3, -0.25) is 4.72 Å². The Morgan fingerprint density at radius 2 is 1.89 bits per heavy atom. The zero-order chi connectivity index (χ0) is 19.7. The second kappa shape index (κ2) is 9.91. The van der Waals surface area contributed by atoms with Gasteiger partial charge >= 0.3 is 0 Å². The fourth-order valence-electron chi connectivity index (χ4n) is 2.48. The van der Waals surface area contributed by atoms with Crippen LogP contribution in [0, 0.1) is 5.82 Å². The van der Waals surface area contributed by atoms with E-state index < -0.39 is 10.0 Å². The van der Waals surface area contributed by atoms with E-state index in [9.17, 15) is 12.8 Å². The molecule has 8 heteroatoms. The number of halogens is 1. The van der Waals surface area contributed by atoms with Crippen LogP contribution in [-0.2, 0) is 23.0 Å². The predicted octanol–water partition coefficient (Wildman–Crippen LogP) is 2.50. The van der Waals surface area contributed by atoms with Gasteiger partial charge in [0.1, 0.15) is 5.82 Å². The minimum absolute atomic E-state index is 0.247. The largest absolute Gasteiger partial charge is 0.357 e. The van der Waals surface area contributed by atoms with Gasteiger partial charge in [-0.05, 0) is 42.7 Å². The lowest BCUT2D eigenvalue weighted by atomic mass is 10.1. The van der Waals surface area contributed by atoms with Crippen LogP contribution in [0.1, 0.15) is 18.1 Å². The van der Waals surface area contributed by atoms with Crippen LogP contribution in [0.5, 0.6) is 0 Å². The summed E-state index contributed by atoms with van der Waals surface area (Å²) in [7, 11) is -3.36. The molecule has 0 aliphatic rings. The van der Waals surface area contributed by atoms with Crippen molar-refractivity contribution in [2.75, 3.05) is 24.1 Å². The molecule has 0 aliphatic heterocycles. The lowest BCUT2D eigenvalue weighted by Crippen LogP contribution is -2.38. The highest BCUT2D eigenvalue weighted by Gasteiger charge is 2.07. The van der Waals surface area contributed by atoms with Crippen LogP contribution < -0.4 is 15.4 Å². The smallest absolute Gasteiger partial charge is 0.229 e. The number of benzene rings is 2. The molecule has 0 fully saturated rings. The molecule has 3 N–H and O–H groups in total. The average Bonchev–Trinajstić information content (AvgIpc) is 2.59. The van der Waals surface area contributed by atoms with Gasteiger partial charge in [0, 0.05) is 13.1 Å². The molecule has 0 radical (unpaired) electrons. The first kappa shape index (κ1) is 20.7. The van der Waals surface area contributed by atoms with E-state index in [2.05, 4.69) is 20.3 Å². The van der Waals surface area contributed by atoms with Crippen LogP contribution in [-0.4, -0.2) is 33.7 Å². The molecule has 0 unspecified atom stereocenters. The lowest BCUT2D eigenvalue weighted by molar-refractivity contribution is 0.606. The third-order valence-electron chi connectivity index (χ3n) is 3.66. The zero-order valence-electron chi connectivity index (χ0n) is 15.5. The van der Waals surface area contributed by atoms with E-state index >= 15 is 0 Å². The number of hydrogen-bond acceptors (Lipinski definition) is 3. The predicted molar refractivity (Wildman–Crippen MR) is 108 cm³/mol.